The van der Waals surface area contributed by atoms with E-state index in [-0.39, 0.29) is 11.7 Å². The minimum atomic E-state index is -1.79. The molecular formula is C17H17N5O5. The zero-order valence-corrected chi connectivity index (χ0v) is 14.0. The number of ketones is 1. The fourth-order valence-electron chi connectivity index (χ4n) is 3.37. The normalized spacial score (nSPS) is 34.7. The van der Waals surface area contributed by atoms with Gasteiger partial charge in [-0.3, -0.25) is 15.1 Å². The van der Waals surface area contributed by atoms with Gasteiger partial charge in [-0.25, -0.2) is 15.0 Å². The van der Waals surface area contributed by atoms with Crippen LogP contribution in [0, 0.1) is 5.41 Å². The molecule has 1 aromatic rings. The third-order valence-electron chi connectivity index (χ3n) is 4.81. The smallest absolute Gasteiger partial charge is 0.240 e. The number of aliphatic imine (C=N–C) groups is 3. The van der Waals surface area contributed by atoms with Gasteiger partial charge in [-0.1, -0.05) is 30.3 Å². The molecule has 3 aliphatic heterocycles. The van der Waals surface area contributed by atoms with Gasteiger partial charge in [0.05, 0.1) is 12.9 Å². The highest BCUT2D eigenvalue weighted by Gasteiger charge is 2.58. The van der Waals surface area contributed by atoms with Crippen molar-refractivity contribution >= 4 is 30.1 Å². The lowest BCUT2D eigenvalue weighted by Crippen LogP contribution is -2.57. The Morgan fingerprint density at radius 3 is 2.67 bits per heavy atom. The number of hydrogen-bond acceptors (Lipinski definition) is 9. The van der Waals surface area contributed by atoms with Crippen molar-refractivity contribution in [2.75, 3.05) is 6.61 Å². The van der Waals surface area contributed by atoms with Crippen LogP contribution in [0.15, 0.2) is 45.3 Å². The van der Waals surface area contributed by atoms with E-state index in [9.17, 15) is 20.1 Å². The molecule has 1 fully saturated rings. The van der Waals surface area contributed by atoms with Gasteiger partial charge in [-0.05, 0) is 0 Å². The highest BCUT2D eigenvalue weighted by atomic mass is 16.6. The number of amidine groups is 2. The van der Waals surface area contributed by atoms with E-state index in [1.54, 1.807) is 30.3 Å². The third kappa shape index (κ3) is 2.46. The van der Waals surface area contributed by atoms with Gasteiger partial charge in [0.25, 0.3) is 0 Å². The first-order valence-corrected chi connectivity index (χ1v) is 8.26. The molecule has 140 valence electrons. The lowest BCUT2D eigenvalue weighted by Gasteiger charge is -2.32. The van der Waals surface area contributed by atoms with Crippen LogP contribution in [0.4, 0.5) is 0 Å². The highest BCUT2D eigenvalue weighted by Crippen LogP contribution is 2.34. The molecule has 0 aliphatic carbocycles. The number of rotatable bonds is 4. The van der Waals surface area contributed by atoms with E-state index in [1.807, 2.05) is 0 Å². The molecule has 0 spiro atoms. The van der Waals surface area contributed by atoms with Gasteiger partial charge in [0.15, 0.2) is 17.9 Å². The first-order chi connectivity index (χ1) is 13.0. The average Bonchev–Trinajstić information content (AvgIpc) is 3.22. The number of nitrogens with one attached hydrogen (secondary N) is 1. The summed E-state index contributed by atoms with van der Waals surface area (Å²) < 4.78 is 5.51. The fraction of sp³-hybridized carbons (Fsp3) is 0.353. The number of fused-ring (bicyclic) bond motifs is 1. The van der Waals surface area contributed by atoms with Gasteiger partial charge in [-0.15, -0.1) is 0 Å². The number of aliphatic hydroxyl groups is 3. The summed E-state index contributed by atoms with van der Waals surface area (Å²) in [6, 6.07) is 8.35. The Hall–Kier alpha value is -2.79. The monoisotopic (exact) mass is 371 g/mol. The number of aliphatic hydroxyl groups excluding tert-OH is 3. The second-order valence-corrected chi connectivity index (χ2v) is 6.33. The van der Waals surface area contributed by atoms with Crippen LogP contribution in [0.1, 0.15) is 10.4 Å². The number of Topliss-reactive ketones (excluding diaryl/α,β-unsaturated/α-hetero) is 1. The van der Waals surface area contributed by atoms with Gasteiger partial charge >= 0.3 is 0 Å². The first-order valence-electron chi connectivity index (χ1n) is 8.26. The summed E-state index contributed by atoms with van der Waals surface area (Å²) in [6.45, 7) is -0.489. The van der Waals surface area contributed by atoms with Crippen LogP contribution in [0.2, 0.25) is 0 Å². The van der Waals surface area contributed by atoms with Crippen LogP contribution in [-0.2, 0) is 4.74 Å². The molecule has 3 heterocycles. The van der Waals surface area contributed by atoms with Crippen molar-refractivity contribution in [1.82, 2.24) is 4.90 Å². The molecule has 4 N–H and O–H groups in total. The summed E-state index contributed by atoms with van der Waals surface area (Å²) in [5, 5.41) is 37.8. The molecule has 0 aromatic heterocycles. The second-order valence-electron chi connectivity index (χ2n) is 6.33. The minimum Gasteiger partial charge on any atom is -0.394 e. The van der Waals surface area contributed by atoms with Gasteiger partial charge in [0.1, 0.15) is 24.7 Å². The maximum atomic E-state index is 13.2. The summed E-state index contributed by atoms with van der Waals surface area (Å²) in [6.07, 6.45) is -2.43. The quantitative estimate of drug-likeness (QED) is 0.489. The molecule has 1 unspecified atom stereocenters. The molecule has 0 radical (unpaired) electrons. The molecular weight excluding hydrogens is 354 g/mol. The summed E-state index contributed by atoms with van der Waals surface area (Å²) in [7, 11) is 0. The molecule has 5 atom stereocenters. The lowest BCUT2D eigenvalue weighted by atomic mass is 9.86. The number of carbonyl (C=O) groups is 1. The van der Waals surface area contributed by atoms with Crippen LogP contribution in [0.25, 0.3) is 0 Å². The number of nitrogens with zero attached hydrogens (tertiary/aromatic N) is 4. The third-order valence-corrected chi connectivity index (χ3v) is 4.81. The lowest BCUT2D eigenvalue weighted by molar-refractivity contribution is -0.0511. The summed E-state index contributed by atoms with van der Waals surface area (Å²) >= 11 is 0. The fourth-order valence-corrected chi connectivity index (χ4v) is 3.37. The Morgan fingerprint density at radius 2 is 2.00 bits per heavy atom. The molecule has 27 heavy (non-hydrogen) atoms. The minimum absolute atomic E-state index is 0.0474. The van der Waals surface area contributed by atoms with Crippen molar-refractivity contribution in [3.05, 3.63) is 35.9 Å². The largest absolute Gasteiger partial charge is 0.394 e. The van der Waals surface area contributed by atoms with E-state index >= 15 is 0 Å². The van der Waals surface area contributed by atoms with Crippen LogP contribution in [-0.4, -0.2) is 87.0 Å². The zero-order chi connectivity index (χ0) is 19.2. The second kappa shape index (κ2) is 6.43. The highest BCUT2D eigenvalue weighted by molar-refractivity contribution is 6.40. The topological polar surface area (TPSA) is 151 Å². The predicted octanol–water partition coefficient (Wildman–Crippen LogP) is -1.19. The van der Waals surface area contributed by atoms with E-state index < -0.39 is 42.5 Å². The summed E-state index contributed by atoms with van der Waals surface area (Å²) in [4.78, 5) is 26.7. The Labute approximate surface area is 153 Å². The summed E-state index contributed by atoms with van der Waals surface area (Å²) in [5.74, 6) is -0.757. The van der Waals surface area contributed by atoms with E-state index in [2.05, 4.69) is 15.0 Å². The Morgan fingerprint density at radius 1 is 1.26 bits per heavy atom. The van der Waals surface area contributed by atoms with Gasteiger partial charge in [0.2, 0.25) is 11.3 Å². The van der Waals surface area contributed by atoms with Crippen molar-refractivity contribution in [2.24, 2.45) is 15.0 Å². The molecule has 10 heteroatoms. The van der Waals surface area contributed by atoms with E-state index in [0.717, 1.165) is 6.34 Å². The molecule has 1 aromatic carbocycles. The maximum absolute atomic E-state index is 13.2. The van der Waals surface area contributed by atoms with Crippen molar-refractivity contribution < 1.29 is 24.9 Å². The molecule has 0 amide bonds. The van der Waals surface area contributed by atoms with Crippen molar-refractivity contribution in [1.29, 1.82) is 5.41 Å². The van der Waals surface area contributed by atoms with Gasteiger partial charge < -0.3 is 20.1 Å². The van der Waals surface area contributed by atoms with E-state index in [1.165, 1.54) is 11.2 Å². The van der Waals surface area contributed by atoms with Crippen LogP contribution < -0.4 is 0 Å². The molecule has 0 bridgehead atoms. The predicted molar refractivity (Wildman–Crippen MR) is 95.2 cm³/mol. The SMILES string of the molecule is N=C1N=CN=C2N([C@@H]3O[C@H](CO)[C@@H](O)[C@H]3O)C=NC12C(=O)c1ccccc1. The number of benzene rings is 1. The van der Waals surface area contributed by atoms with Crippen molar-refractivity contribution in [2.45, 2.75) is 30.1 Å². The van der Waals surface area contributed by atoms with Crippen molar-refractivity contribution in [3.63, 3.8) is 0 Å². The maximum Gasteiger partial charge on any atom is 0.240 e. The number of ether oxygens (including phenoxy) is 1. The van der Waals surface area contributed by atoms with Crippen molar-refractivity contribution in [3.8, 4) is 0 Å². The Balaban J connectivity index is 1.73. The molecule has 10 nitrogen and oxygen atoms in total. The van der Waals surface area contributed by atoms with Crippen LogP contribution >= 0.6 is 0 Å². The number of carbonyl (C=O) groups excluding carboxylic acids is 1. The van der Waals surface area contributed by atoms with Gasteiger partial charge in [0, 0.05) is 5.56 Å². The zero-order valence-electron chi connectivity index (χ0n) is 14.0. The Kier molecular flexibility index (Phi) is 4.19. The molecule has 3 aliphatic rings. The standard InChI is InChI=1S/C17H17N5O5/c18-15-17(13(26)9-4-2-1-3-5-9)16(20-7-19-15)22(8-21-17)14-12(25)11(24)10(6-23)27-14/h1-5,7-8,10-12,14,18,23-25H,6H2/t10-,11-,12-,14-,17?/m1/s1. The van der Waals surface area contributed by atoms with E-state index in [4.69, 9.17) is 10.1 Å². The van der Waals surface area contributed by atoms with Crippen LogP contribution in [0.3, 0.4) is 0 Å². The summed E-state index contributed by atoms with van der Waals surface area (Å²) in [5.41, 5.74) is -1.46. The average molecular weight is 371 g/mol. The number of hydrogen-bond donors (Lipinski definition) is 4. The first kappa shape index (κ1) is 17.6. The molecule has 1 saturated heterocycles. The molecule has 4 rings (SSSR count). The van der Waals surface area contributed by atoms with Crippen LogP contribution in [0.5, 0.6) is 0 Å². The molecule has 0 saturated carbocycles. The van der Waals surface area contributed by atoms with E-state index in [0.29, 0.717) is 5.56 Å². The van der Waals surface area contributed by atoms with Gasteiger partial charge in [-0.2, -0.15) is 0 Å². The Bertz CT molecular complexity index is 870.